The fourth-order valence-corrected chi connectivity index (χ4v) is 22.5. The maximum Gasteiger partial charge on any atom is -0.00199 e. The van der Waals surface area contributed by atoms with Crippen LogP contribution in [0.15, 0.2) is 582 Å². The summed E-state index contributed by atoms with van der Waals surface area (Å²) in [4.78, 5) is 0. The van der Waals surface area contributed by atoms with Crippen molar-refractivity contribution < 1.29 is 0 Å². The molecule has 0 nitrogen and oxygen atoms in total. The predicted octanol–water partition coefficient (Wildman–Crippen LogP) is 40.4. The van der Waals surface area contributed by atoms with Crippen LogP contribution in [0.4, 0.5) is 0 Å². The Morgan fingerprint density at radius 2 is 0.264 bits per heavy atom. The third kappa shape index (κ3) is 16.3. The average molecular weight is 1830 g/mol. The zero-order valence-electron chi connectivity index (χ0n) is 79.4. The first-order chi connectivity index (χ1) is 71.5. The van der Waals surface area contributed by atoms with Gasteiger partial charge >= 0.3 is 0 Å². The van der Waals surface area contributed by atoms with Crippen LogP contribution < -0.4 is 0 Å². The third-order valence-corrected chi connectivity index (χ3v) is 29.1. The van der Waals surface area contributed by atoms with Gasteiger partial charge in [0, 0.05) is 0 Å². The van der Waals surface area contributed by atoms with Gasteiger partial charge in [0.2, 0.25) is 0 Å². The Morgan fingerprint density at radius 1 is 0.0694 bits per heavy atom. The first kappa shape index (κ1) is 86.8. The van der Waals surface area contributed by atoms with Gasteiger partial charge in [0.1, 0.15) is 0 Å². The first-order valence-corrected chi connectivity index (χ1v) is 49.8. The van der Waals surface area contributed by atoms with E-state index in [1.807, 2.05) is 0 Å². The molecule has 0 aliphatic heterocycles. The maximum absolute atomic E-state index is 2.42. The maximum atomic E-state index is 2.42. The Labute approximate surface area is 840 Å². The van der Waals surface area contributed by atoms with Crippen LogP contribution in [-0.2, 0) is 0 Å². The quantitative estimate of drug-likeness (QED) is 0.0898. The fraction of sp³-hybridized carbons (Fsp3) is 0. The normalized spacial score (nSPS) is 11.3. The molecular weight excluding hydrogens is 1730 g/mol. The molecule has 0 saturated carbocycles. The van der Waals surface area contributed by atoms with Crippen LogP contribution in [0.3, 0.4) is 0 Å². The molecule has 0 N–H and O–H groups in total. The number of rotatable bonds is 15. The van der Waals surface area contributed by atoms with Gasteiger partial charge in [0.15, 0.2) is 0 Å². The van der Waals surface area contributed by atoms with E-state index in [-0.39, 0.29) is 0 Å². The summed E-state index contributed by atoms with van der Waals surface area (Å²) in [6.07, 6.45) is 0. The molecule has 0 heterocycles. The smallest absolute Gasteiger partial charge is 0.00199 e. The Hall–Kier alpha value is -18.7. The molecule has 0 atom stereocenters. The van der Waals surface area contributed by atoms with Gasteiger partial charge in [-0.3, -0.25) is 0 Å². The van der Waals surface area contributed by atoms with Gasteiger partial charge in [-0.2, -0.15) is 0 Å². The molecule has 672 valence electrons. The van der Waals surface area contributed by atoms with Crippen LogP contribution in [0.2, 0.25) is 0 Å². The number of hydrogen-bond donors (Lipinski definition) is 0. The van der Waals surface area contributed by atoms with Crippen molar-refractivity contribution in [3.63, 3.8) is 0 Å². The van der Waals surface area contributed by atoms with Gasteiger partial charge in [-0.05, 0) is 276 Å². The number of benzene rings is 27. The molecule has 0 saturated heterocycles. The van der Waals surface area contributed by atoms with Crippen molar-refractivity contribution in [3.8, 4) is 167 Å². The number of fused-ring (bicyclic) bond motifs is 9. The lowest BCUT2D eigenvalue weighted by Gasteiger charge is -2.22. The molecule has 0 aromatic heterocycles. The van der Waals surface area contributed by atoms with E-state index in [4.69, 9.17) is 0 Å². The van der Waals surface area contributed by atoms with Crippen molar-refractivity contribution in [1.29, 1.82) is 0 Å². The highest BCUT2D eigenvalue weighted by molar-refractivity contribution is 6.27. The fourth-order valence-electron chi connectivity index (χ4n) is 22.5. The second-order valence-corrected chi connectivity index (χ2v) is 37.3. The van der Waals surface area contributed by atoms with Crippen LogP contribution in [0.5, 0.6) is 0 Å². The second kappa shape index (κ2) is 38.6. The van der Waals surface area contributed by atoms with Gasteiger partial charge in [0.25, 0.3) is 0 Å². The van der Waals surface area contributed by atoms with Crippen molar-refractivity contribution in [2.75, 3.05) is 0 Å². The van der Waals surface area contributed by atoms with Crippen LogP contribution in [0, 0.1) is 0 Å². The molecule has 0 bridgehead atoms. The van der Waals surface area contributed by atoms with Crippen molar-refractivity contribution in [1.82, 2.24) is 0 Å². The zero-order chi connectivity index (χ0) is 95.6. The van der Waals surface area contributed by atoms with Gasteiger partial charge < -0.3 is 0 Å². The molecular formula is C144H96. The van der Waals surface area contributed by atoms with Gasteiger partial charge in [-0.15, -0.1) is 0 Å². The molecule has 0 unspecified atom stereocenters. The lowest BCUT2D eigenvalue weighted by Crippen LogP contribution is -1.95. The molecule has 0 radical (unpaired) electrons. The van der Waals surface area contributed by atoms with Crippen LogP contribution in [-0.4, -0.2) is 0 Å². The standard InChI is InChI=1S/3C48H32/c1-3-15-33(16-4-1)34-29-31-37(32-30-34)46-41-22-9-11-24-43(41)48(44-25-12-10-23-42(44)46)45-28-14-27-40(47(45)36-18-5-2-6-19-36)39-26-13-20-35-17-7-8-21-38(35)39;1-3-14-33(15-4-1)34-26-28-37(29-27-34)47-41-21-9-11-23-43(41)48(44-24-12-10-22-42(44)47)45-31-30-38(32-46(45)36-16-5-2-6-17-36)40-25-13-19-35-18-7-8-20-39(35)40;1-3-14-33(15-4-1)34-26-28-37(29-27-34)47-42-21-9-11-23-44(42)48(45-24-12-10-22-43(45)47)46-32-38(30-31-41(46)35-16-5-2-6-17-35)40-25-13-19-36-18-7-8-20-39(36)40/h3*1-32H. The van der Waals surface area contributed by atoms with Crippen molar-refractivity contribution >= 4 is 97.0 Å². The molecule has 27 aromatic carbocycles. The highest BCUT2D eigenvalue weighted by Gasteiger charge is 2.27. The number of hydrogen-bond acceptors (Lipinski definition) is 0. The van der Waals surface area contributed by atoms with Crippen molar-refractivity contribution in [3.05, 3.63) is 582 Å². The summed E-state index contributed by atoms with van der Waals surface area (Å²) in [5, 5.41) is 22.6. The van der Waals surface area contributed by atoms with E-state index in [0.717, 1.165) is 0 Å². The van der Waals surface area contributed by atoms with E-state index < -0.39 is 0 Å². The highest BCUT2D eigenvalue weighted by atomic mass is 14.3. The van der Waals surface area contributed by atoms with E-state index in [1.165, 1.54) is 264 Å². The Balaban J connectivity index is 0.000000113. The lowest BCUT2D eigenvalue weighted by atomic mass is 9.81. The van der Waals surface area contributed by atoms with E-state index in [2.05, 4.69) is 582 Å². The Morgan fingerprint density at radius 3 is 0.604 bits per heavy atom. The summed E-state index contributed by atoms with van der Waals surface area (Å²) in [7, 11) is 0. The molecule has 144 heavy (non-hydrogen) atoms. The molecule has 0 aliphatic carbocycles. The molecule has 27 rings (SSSR count). The van der Waals surface area contributed by atoms with E-state index in [0.29, 0.717) is 0 Å². The summed E-state index contributed by atoms with van der Waals surface area (Å²) in [6, 6.07) is 212. The summed E-state index contributed by atoms with van der Waals surface area (Å²) in [5.41, 5.74) is 37.2. The molecule has 0 amide bonds. The predicted molar refractivity (Wildman–Crippen MR) is 618 cm³/mol. The minimum Gasteiger partial charge on any atom is -0.0622 e. The summed E-state index contributed by atoms with van der Waals surface area (Å²) >= 11 is 0. The molecule has 0 fully saturated rings. The van der Waals surface area contributed by atoms with Gasteiger partial charge in [-0.25, -0.2) is 0 Å². The lowest BCUT2D eigenvalue weighted by molar-refractivity contribution is 1.59. The van der Waals surface area contributed by atoms with Crippen LogP contribution >= 0.6 is 0 Å². The van der Waals surface area contributed by atoms with Crippen molar-refractivity contribution in [2.45, 2.75) is 0 Å². The van der Waals surface area contributed by atoms with Crippen molar-refractivity contribution in [2.24, 2.45) is 0 Å². The molecule has 0 spiro atoms. The van der Waals surface area contributed by atoms with Gasteiger partial charge in [-0.1, -0.05) is 570 Å². The average Bonchev–Trinajstić information content (AvgIpc) is 0.731. The third-order valence-electron chi connectivity index (χ3n) is 29.1. The molecule has 27 aromatic rings. The van der Waals surface area contributed by atoms with E-state index >= 15 is 0 Å². The molecule has 0 heteroatoms. The molecule has 0 aliphatic rings. The monoisotopic (exact) mass is 1820 g/mol. The summed E-state index contributed by atoms with van der Waals surface area (Å²) < 4.78 is 0. The SMILES string of the molecule is c1ccc(-c2ccc(-c3c4ccccc4c(-c4cc(-c5cccc6ccccc56)ccc4-c4ccccc4)c4ccccc34)cc2)cc1.c1ccc(-c2ccc(-c3c4ccccc4c(-c4ccc(-c5cccc6ccccc56)cc4-c4ccccc4)c4ccccc34)cc2)cc1.c1ccc(-c2ccc(-c3c4ccccc4c(-c4cccc(-c5cccc6ccccc56)c4-c4ccccc4)c4ccccc34)cc2)cc1. The second-order valence-electron chi connectivity index (χ2n) is 37.3. The Kier molecular flexibility index (Phi) is 23.3. The van der Waals surface area contributed by atoms with Crippen LogP contribution in [0.1, 0.15) is 0 Å². The topological polar surface area (TPSA) is 0 Å². The Bertz CT molecular complexity index is 9090. The van der Waals surface area contributed by atoms with E-state index in [1.54, 1.807) is 0 Å². The summed E-state index contributed by atoms with van der Waals surface area (Å²) in [6.45, 7) is 0. The highest BCUT2D eigenvalue weighted by Crippen LogP contribution is 2.54. The minimum atomic E-state index is 1.21. The largest absolute Gasteiger partial charge is 0.0622 e. The zero-order valence-corrected chi connectivity index (χ0v) is 79.4. The summed E-state index contributed by atoms with van der Waals surface area (Å²) in [5.74, 6) is 0. The first-order valence-electron chi connectivity index (χ1n) is 49.8. The van der Waals surface area contributed by atoms with E-state index in [9.17, 15) is 0 Å². The van der Waals surface area contributed by atoms with Gasteiger partial charge in [0.05, 0.1) is 0 Å². The minimum absolute atomic E-state index is 1.21. The van der Waals surface area contributed by atoms with Crippen LogP contribution in [0.25, 0.3) is 264 Å².